The minimum Gasteiger partial charge on any atom is -0.250 e. The monoisotopic (exact) mass is 584 g/mol. The van der Waals surface area contributed by atoms with E-state index in [1.165, 1.54) is 0 Å². The van der Waals surface area contributed by atoms with Crippen molar-refractivity contribution in [1.82, 2.24) is 30.8 Å². The predicted octanol–water partition coefficient (Wildman–Crippen LogP) is 6.38. The number of hydrazone groups is 2. The minimum atomic E-state index is -0.0727. The number of fused-ring (bicyclic) bond motifs is 6. The molecule has 4 heterocycles. The van der Waals surface area contributed by atoms with E-state index in [1.807, 2.05) is 36.4 Å². The van der Waals surface area contributed by atoms with Gasteiger partial charge in [0.25, 0.3) is 0 Å². The SMILES string of the molecule is CC(C)c1ccc2ccc3ccc(/C=N/NC(N/N=C/c4ccc5ccc6ccc(C(C)(C)C)nc6c5n4)=[O+]N)nc3c2n1. The molecule has 220 valence electrons. The summed E-state index contributed by atoms with van der Waals surface area (Å²) in [5.41, 5.74) is 12.0. The maximum Gasteiger partial charge on any atom is 0.586 e. The van der Waals surface area contributed by atoms with Gasteiger partial charge in [-0.25, -0.2) is 15.0 Å². The molecule has 0 radical (unpaired) electrons. The minimum absolute atomic E-state index is 0.0229. The lowest BCUT2D eigenvalue weighted by molar-refractivity contribution is -0.147. The molecule has 0 spiro atoms. The third kappa shape index (κ3) is 5.87. The highest BCUT2D eigenvalue weighted by Gasteiger charge is 2.17. The molecule has 10 heteroatoms. The molecule has 0 aliphatic carbocycles. The van der Waals surface area contributed by atoms with Crippen molar-refractivity contribution in [3.8, 4) is 0 Å². The molecule has 4 aromatic heterocycles. The molecule has 0 fully saturated rings. The molecule has 0 unspecified atom stereocenters. The first-order valence-electron chi connectivity index (χ1n) is 14.4. The maximum absolute atomic E-state index is 5.44. The fourth-order valence-electron chi connectivity index (χ4n) is 4.86. The van der Waals surface area contributed by atoms with E-state index in [9.17, 15) is 0 Å². The zero-order valence-electron chi connectivity index (χ0n) is 25.3. The Hall–Kier alpha value is -5.51. The topological polar surface area (TPSA) is 138 Å². The number of urea groups is 1. The van der Waals surface area contributed by atoms with Gasteiger partial charge in [0.15, 0.2) is 0 Å². The van der Waals surface area contributed by atoms with Gasteiger partial charge in [-0.1, -0.05) is 93.6 Å². The van der Waals surface area contributed by atoms with E-state index in [-0.39, 0.29) is 11.4 Å². The molecule has 44 heavy (non-hydrogen) atoms. The van der Waals surface area contributed by atoms with Crippen LogP contribution in [-0.2, 0) is 5.41 Å². The average molecular weight is 585 g/mol. The second-order valence-electron chi connectivity index (χ2n) is 11.9. The first-order valence-corrected chi connectivity index (χ1v) is 14.4. The Morgan fingerprint density at radius 3 is 1.57 bits per heavy atom. The van der Waals surface area contributed by atoms with Crippen molar-refractivity contribution in [2.75, 3.05) is 0 Å². The quantitative estimate of drug-likeness (QED) is 0.0935. The van der Waals surface area contributed by atoms with E-state index >= 15 is 0 Å². The molecule has 4 N–H and O–H groups in total. The molecule has 0 saturated heterocycles. The Labute approximate surface area is 254 Å². The van der Waals surface area contributed by atoms with Crippen molar-refractivity contribution in [3.05, 3.63) is 95.6 Å². The number of carbonyl (C=O) groups excluding carboxylic acids is 1. The Morgan fingerprint density at radius 2 is 1.09 bits per heavy atom. The molecule has 0 saturated carbocycles. The van der Waals surface area contributed by atoms with Gasteiger partial charge in [0.05, 0.1) is 45.9 Å². The third-order valence-corrected chi connectivity index (χ3v) is 7.31. The van der Waals surface area contributed by atoms with Gasteiger partial charge in [0.1, 0.15) is 0 Å². The maximum atomic E-state index is 5.44. The van der Waals surface area contributed by atoms with Crippen molar-refractivity contribution in [2.24, 2.45) is 16.1 Å². The fourth-order valence-corrected chi connectivity index (χ4v) is 4.86. The number of nitrogens with two attached hydrogens (primary N) is 1. The molecular formula is C34H34N9O+. The number of nitrogens with zero attached hydrogens (tertiary/aromatic N) is 6. The van der Waals surface area contributed by atoms with Crippen molar-refractivity contribution >= 4 is 62.1 Å². The number of rotatable bonds is 5. The molecule has 10 nitrogen and oxygen atoms in total. The van der Waals surface area contributed by atoms with Gasteiger partial charge in [-0.3, -0.25) is 4.98 Å². The summed E-state index contributed by atoms with van der Waals surface area (Å²) in [5.74, 6) is 5.75. The first kappa shape index (κ1) is 28.6. The van der Waals surface area contributed by atoms with Gasteiger partial charge in [-0.05, 0) is 30.2 Å². The van der Waals surface area contributed by atoms with Gasteiger partial charge < -0.3 is 0 Å². The molecule has 0 aliphatic heterocycles. The van der Waals surface area contributed by atoms with Crippen LogP contribution in [0.2, 0.25) is 0 Å². The Balaban J connectivity index is 1.18. The van der Waals surface area contributed by atoms with Gasteiger partial charge in [0, 0.05) is 38.3 Å². The van der Waals surface area contributed by atoms with E-state index in [2.05, 4.69) is 92.1 Å². The molecule has 0 atom stereocenters. The van der Waals surface area contributed by atoms with Gasteiger partial charge in [-0.2, -0.15) is 21.1 Å². The molecule has 6 rings (SSSR count). The van der Waals surface area contributed by atoms with Crippen LogP contribution in [0.4, 0.5) is 4.53 Å². The lowest BCUT2D eigenvalue weighted by Gasteiger charge is -2.18. The fraction of sp³-hybridized carbons (Fsp3) is 0.206. The molecule has 2 amide bonds. The van der Waals surface area contributed by atoms with Gasteiger partial charge in [-0.15, -0.1) is 0 Å². The van der Waals surface area contributed by atoms with Crippen molar-refractivity contribution < 1.29 is 4.53 Å². The van der Waals surface area contributed by atoms with Gasteiger partial charge in [0.2, 0.25) is 0 Å². The van der Waals surface area contributed by atoms with Crippen LogP contribution in [-0.4, -0.2) is 38.4 Å². The van der Waals surface area contributed by atoms with Crippen molar-refractivity contribution in [3.63, 3.8) is 0 Å². The standard InChI is InChI=1S/C34H34N9O/c1-20(2)27-16-12-23-8-6-21-10-14-25(38-29(21)31(23)40-27)18-36-42-33(44-35)43-37-19-26-15-11-22-7-9-24-13-17-28(34(3,4)5)41-32(24)30(22)39-26/h6-20,42-43H,35H2,1-5H3/q+1/b36-18+,37-19+. The van der Waals surface area contributed by atoms with Crippen molar-refractivity contribution in [2.45, 2.75) is 46.0 Å². The third-order valence-electron chi connectivity index (χ3n) is 7.31. The van der Waals surface area contributed by atoms with Crippen LogP contribution in [0, 0.1) is 0 Å². The van der Waals surface area contributed by atoms with Crippen LogP contribution < -0.4 is 16.7 Å². The normalized spacial score (nSPS) is 12.9. The van der Waals surface area contributed by atoms with Crippen LogP contribution in [0.1, 0.15) is 63.3 Å². The first-order chi connectivity index (χ1) is 21.2. The van der Waals surface area contributed by atoms with Crippen LogP contribution in [0.5, 0.6) is 0 Å². The van der Waals surface area contributed by atoms with E-state index in [1.54, 1.807) is 12.4 Å². The number of pyridine rings is 4. The Kier molecular flexibility index (Phi) is 7.57. The summed E-state index contributed by atoms with van der Waals surface area (Å²) < 4.78 is 4.87. The number of benzene rings is 2. The smallest absolute Gasteiger partial charge is 0.250 e. The lowest BCUT2D eigenvalue weighted by atomic mass is 9.91. The number of aromatic nitrogens is 4. The number of hydrogen-bond donors (Lipinski definition) is 3. The molecule has 0 bridgehead atoms. The highest BCUT2D eigenvalue weighted by Crippen LogP contribution is 2.27. The van der Waals surface area contributed by atoms with Crippen molar-refractivity contribution in [1.29, 1.82) is 0 Å². The summed E-state index contributed by atoms with van der Waals surface area (Å²) in [5, 5.41) is 12.5. The second kappa shape index (κ2) is 11.6. The number of amides is 2. The van der Waals surface area contributed by atoms with Crippen LogP contribution >= 0.6 is 0 Å². The van der Waals surface area contributed by atoms with Gasteiger partial charge >= 0.3 is 6.03 Å². The van der Waals surface area contributed by atoms with E-state index < -0.39 is 0 Å². The Bertz CT molecular complexity index is 2110. The summed E-state index contributed by atoms with van der Waals surface area (Å²) >= 11 is 0. The highest BCUT2D eigenvalue weighted by molar-refractivity contribution is 6.04. The number of nitrogens with one attached hydrogen (secondary N) is 2. The summed E-state index contributed by atoms with van der Waals surface area (Å²) in [6, 6.07) is 24.3. The van der Waals surface area contributed by atoms with E-state index in [0.717, 1.165) is 55.0 Å². The predicted molar refractivity (Wildman–Crippen MR) is 178 cm³/mol. The highest BCUT2D eigenvalue weighted by atomic mass is 16.5. The number of hydrogen-bond acceptors (Lipinski definition) is 7. The van der Waals surface area contributed by atoms with E-state index in [0.29, 0.717) is 17.3 Å². The van der Waals surface area contributed by atoms with Crippen LogP contribution in [0.15, 0.2) is 83.0 Å². The van der Waals surface area contributed by atoms with Crippen LogP contribution in [0.3, 0.4) is 0 Å². The van der Waals surface area contributed by atoms with Crippen LogP contribution in [0.25, 0.3) is 43.6 Å². The molecule has 6 aromatic rings. The zero-order valence-corrected chi connectivity index (χ0v) is 25.3. The molecule has 2 aromatic carbocycles. The summed E-state index contributed by atoms with van der Waals surface area (Å²) in [6.45, 7) is 10.7. The second-order valence-corrected chi connectivity index (χ2v) is 11.9. The van der Waals surface area contributed by atoms with E-state index in [4.69, 9.17) is 30.4 Å². The summed E-state index contributed by atoms with van der Waals surface area (Å²) in [7, 11) is 0. The zero-order chi connectivity index (χ0) is 30.8. The Morgan fingerprint density at radius 1 is 0.659 bits per heavy atom. The largest absolute Gasteiger partial charge is 0.586 e. The lowest BCUT2D eigenvalue weighted by Crippen LogP contribution is -2.30. The average Bonchev–Trinajstić information content (AvgIpc) is 3.02. The summed E-state index contributed by atoms with van der Waals surface area (Å²) in [6.07, 6.45) is 3.15. The molecule has 0 aliphatic rings. The molecular weight excluding hydrogens is 550 g/mol. The summed E-state index contributed by atoms with van der Waals surface area (Å²) in [4.78, 5) is 19.4.